The Bertz CT molecular complexity index is 369. The molecule has 2 rings (SSSR count). The van der Waals surface area contributed by atoms with Crippen molar-refractivity contribution >= 4 is 32.6 Å². The molecule has 0 aliphatic rings. The summed E-state index contributed by atoms with van der Waals surface area (Å²) < 4.78 is 0. The molecule has 2 aromatic rings. The van der Waals surface area contributed by atoms with Gasteiger partial charge in [0.05, 0.1) is 0 Å². The van der Waals surface area contributed by atoms with E-state index in [0.29, 0.717) is 0 Å². The molecule has 1 N–H and O–H groups in total. The molecule has 0 bridgehead atoms. The van der Waals surface area contributed by atoms with Gasteiger partial charge >= 0.3 is 0 Å². The fourth-order valence-corrected chi connectivity index (χ4v) is 1.86. The van der Waals surface area contributed by atoms with Gasteiger partial charge in [-0.25, -0.2) is 0 Å². The van der Waals surface area contributed by atoms with Crippen LogP contribution in [0.15, 0.2) is 35.4 Å². The lowest BCUT2D eigenvalue weighted by atomic mass is 10.2. The fourth-order valence-electron chi connectivity index (χ4n) is 1.11. The minimum atomic E-state index is 1.09. The average Bonchev–Trinajstić information content (AvgIpc) is 2.47. The molecule has 0 aliphatic carbocycles. The van der Waals surface area contributed by atoms with Crippen LogP contribution in [0.25, 0.3) is 10.9 Å². The van der Waals surface area contributed by atoms with E-state index in [-0.39, 0.29) is 0 Å². The van der Waals surface area contributed by atoms with Gasteiger partial charge in [-0.3, -0.25) is 0 Å². The highest BCUT2D eigenvalue weighted by atomic mass is 35.7. The Morgan fingerprint density at radius 1 is 1.27 bits per heavy atom. The van der Waals surface area contributed by atoms with Gasteiger partial charge < -0.3 is 4.98 Å². The highest BCUT2D eigenvalue weighted by Crippen LogP contribution is 2.29. The number of benzene rings is 1. The van der Waals surface area contributed by atoms with Crippen molar-refractivity contribution in [2.45, 2.75) is 4.90 Å². The van der Waals surface area contributed by atoms with Gasteiger partial charge in [-0.15, -0.1) is 0 Å². The first-order valence-corrected chi connectivity index (χ1v) is 4.91. The van der Waals surface area contributed by atoms with Gasteiger partial charge in [0.15, 0.2) is 0 Å². The van der Waals surface area contributed by atoms with Crippen molar-refractivity contribution in [3.63, 3.8) is 0 Å². The second kappa shape index (κ2) is 2.80. The number of hydrogen-bond donors (Lipinski definition) is 1. The first-order chi connectivity index (χ1) is 5.42. The summed E-state index contributed by atoms with van der Waals surface area (Å²) >= 11 is 0. The summed E-state index contributed by atoms with van der Waals surface area (Å²) in [5.41, 5.74) is 1.13. The van der Waals surface area contributed by atoms with Crippen LogP contribution in [-0.4, -0.2) is 4.98 Å². The summed E-state index contributed by atoms with van der Waals surface area (Å²) in [5, 5.41) is 1.19. The number of aromatic amines is 1. The summed E-state index contributed by atoms with van der Waals surface area (Å²) in [7, 11) is 6.89. The number of nitrogens with one attached hydrogen (secondary N) is 1. The van der Waals surface area contributed by atoms with Crippen molar-refractivity contribution in [1.82, 2.24) is 4.98 Å². The van der Waals surface area contributed by atoms with Gasteiger partial charge in [0.25, 0.3) is 0 Å². The van der Waals surface area contributed by atoms with E-state index in [1.807, 2.05) is 24.4 Å². The van der Waals surface area contributed by atoms with E-state index in [9.17, 15) is 0 Å². The third-order valence-corrected chi connectivity index (χ3v) is 2.64. The highest BCUT2D eigenvalue weighted by Gasteiger charge is 2.00. The van der Waals surface area contributed by atoms with E-state index < -0.39 is 0 Å². The van der Waals surface area contributed by atoms with E-state index in [1.165, 1.54) is 16.4 Å². The molecule has 56 valence electrons. The Labute approximate surface area is 73.3 Å². The molecule has 0 saturated heterocycles. The number of aromatic nitrogens is 1. The molecular formula is C8H6ClNS. The number of H-pyrrole nitrogens is 1. The van der Waals surface area contributed by atoms with Gasteiger partial charge in [-0.1, -0.05) is 18.2 Å². The van der Waals surface area contributed by atoms with Gasteiger partial charge in [0.1, 0.15) is 0 Å². The summed E-state index contributed by atoms with van der Waals surface area (Å²) in [6, 6.07) is 8.09. The molecule has 0 aliphatic heterocycles. The Morgan fingerprint density at radius 3 is 2.91 bits per heavy atom. The Kier molecular flexibility index (Phi) is 1.80. The van der Waals surface area contributed by atoms with Crippen molar-refractivity contribution in [3.05, 3.63) is 30.5 Å². The van der Waals surface area contributed by atoms with Gasteiger partial charge in [0, 0.05) is 22.0 Å². The van der Waals surface area contributed by atoms with Crippen LogP contribution in [0.5, 0.6) is 0 Å². The molecule has 0 spiro atoms. The first kappa shape index (κ1) is 7.07. The largest absolute Gasteiger partial charge is 0.360 e. The molecular weight excluding hydrogens is 178 g/mol. The molecule has 1 aromatic heterocycles. The number of hydrogen-bond acceptors (Lipinski definition) is 1. The SMILES string of the molecule is ClSc1c[nH]c2ccccc12. The minimum Gasteiger partial charge on any atom is -0.360 e. The maximum Gasteiger partial charge on any atom is 0.0486 e. The molecule has 0 unspecified atom stereocenters. The molecule has 1 heterocycles. The molecule has 0 atom stereocenters. The molecule has 0 fully saturated rings. The lowest BCUT2D eigenvalue weighted by Crippen LogP contribution is -1.63. The third-order valence-electron chi connectivity index (χ3n) is 1.63. The van der Waals surface area contributed by atoms with Gasteiger partial charge in [0.2, 0.25) is 0 Å². The summed E-state index contributed by atoms with van der Waals surface area (Å²) in [6.07, 6.45) is 1.92. The van der Waals surface area contributed by atoms with E-state index in [1.54, 1.807) is 0 Å². The molecule has 0 saturated carbocycles. The van der Waals surface area contributed by atoms with Crippen LogP contribution in [0, 0.1) is 0 Å². The number of rotatable bonds is 1. The van der Waals surface area contributed by atoms with Crippen LogP contribution >= 0.6 is 21.7 Å². The van der Waals surface area contributed by atoms with Crippen molar-refractivity contribution in [2.24, 2.45) is 0 Å². The quantitative estimate of drug-likeness (QED) is 0.717. The molecule has 0 amide bonds. The second-order valence-electron chi connectivity index (χ2n) is 2.28. The van der Waals surface area contributed by atoms with Gasteiger partial charge in [-0.05, 0) is 27.7 Å². The van der Waals surface area contributed by atoms with Crippen molar-refractivity contribution in [3.8, 4) is 0 Å². The van der Waals surface area contributed by atoms with E-state index in [2.05, 4.69) is 11.1 Å². The second-order valence-corrected chi connectivity index (χ2v) is 3.33. The van der Waals surface area contributed by atoms with Crippen LogP contribution in [0.3, 0.4) is 0 Å². The van der Waals surface area contributed by atoms with Crippen molar-refractivity contribution in [1.29, 1.82) is 0 Å². The van der Waals surface area contributed by atoms with Crippen molar-refractivity contribution in [2.75, 3.05) is 0 Å². The fraction of sp³-hybridized carbons (Fsp3) is 0. The number of halogens is 1. The molecule has 1 nitrogen and oxygen atoms in total. The molecule has 3 heteroatoms. The van der Waals surface area contributed by atoms with E-state index >= 15 is 0 Å². The molecule has 1 aromatic carbocycles. The minimum absolute atomic E-state index is 1.09. The van der Waals surface area contributed by atoms with Crippen LogP contribution in [0.1, 0.15) is 0 Å². The van der Waals surface area contributed by atoms with E-state index in [4.69, 9.17) is 10.7 Å². The van der Waals surface area contributed by atoms with Crippen LogP contribution < -0.4 is 0 Å². The molecule has 0 radical (unpaired) electrons. The summed E-state index contributed by atoms with van der Waals surface area (Å²) in [4.78, 5) is 4.22. The number of fused-ring (bicyclic) bond motifs is 1. The van der Waals surface area contributed by atoms with E-state index in [0.717, 1.165) is 10.4 Å². The average molecular weight is 184 g/mol. The maximum atomic E-state index is 5.64. The zero-order valence-corrected chi connectivity index (χ0v) is 7.25. The maximum absolute atomic E-state index is 5.64. The monoisotopic (exact) mass is 183 g/mol. The lowest BCUT2D eigenvalue weighted by molar-refractivity contribution is 1.42. The molecule has 11 heavy (non-hydrogen) atoms. The van der Waals surface area contributed by atoms with Gasteiger partial charge in [-0.2, -0.15) is 0 Å². The standard InChI is InChI=1S/C8H6ClNS/c9-11-8-5-10-7-4-2-1-3-6(7)8/h1-5,10H. The zero-order valence-electron chi connectivity index (χ0n) is 5.67. The lowest BCUT2D eigenvalue weighted by Gasteiger charge is -1.88. The zero-order chi connectivity index (χ0) is 7.68. The highest BCUT2D eigenvalue weighted by molar-refractivity contribution is 8.21. The predicted molar refractivity (Wildman–Crippen MR) is 50.0 cm³/mol. The smallest absolute Gasteiger partial charge is 0.0486 e. The Hall–Kier alpha value is -0.600. The first-order valence-electron chi connectivity index (χ1n) is 3.26. The van der Waals surface area contributed by atoms with Crippen LogP contribution in [0.4, 0.5) is 0 Å². The van der Waals surface area contributed by atoms with Crippen molar-refractivity contribution < 1.29 is 0 Å². The summed E-state index contributed by atoms with van der Waals surface area (Å²) in [5.74, 6) is 0. The topological polar surface area (TPSA) is 15.8 Å². The summed E-state index contributed by atoms with van der Waals surface area (Å²) in [6.45, 7) is 0. The Morgan fingerprint density at radius 2 is 2.09 bits per heavy atom. The normalized spacial score (nSPS) is 10.6. The number of para-hydroxylation sites is 1. The predicted octanol–water partition coefficient (Wildman–Crippen LogP) is 3.41. The Balaban J connectivity index is 2.76. The van der Waals surface area contributed by atoms with Crippen LogP contribution in [-0.2, 0) is 0 Å². The third kappa shape index (κ3) is 1.12. The van der Waals surface area contributed by atoms with Crippen LogP contribution in [0.2, 0.25) is 0 Å².